The average molecular weight is 1080 g/mol. The summed E-state index contributed by atoms with van der Waals surface area (Å²) in [5.74, 6) is -0.529. The van der Waals surface area contributed by atoms with Crippen LogP contribution in [0.1, 0.15) is 53.6 Å². The third-order valence-electron chi connectivity index (χ3n) is 17.4. The number of fused-ring (bicyclic) bond motifs is 18. The van der Waals surface area contributed by atoms with Crippen LogP contribution >= 0.6 is 0 Å². The highest BCUT2D eigenvalue weighted by Crippen LogP contribution is 2.50. The van der Waals surface area contributed by atoms with E-state index in [-0.39, 0.29) is 157 Å². The molecular weight excluding hydrogens is 1010 g/mol. The van der Waals surface area contributed by atoms with Gasteiger partial charge in [0.15, 0.2) is 0 Å². The van der Waals surface area contributed by atoms with Crippen LogP contribution < -0.4 is 94.6 Å². The lowest BCUT2D eigenvalue weighted by atomic mass is 9.26. The van der Waals surface area contributed by atoms with Gasteiger partial charge < -0.3 is 29.1 Å². The first-order valence-corrected chi connectivity index (χ1v) is 26.5. The maximum absolute atomic E-state index is 10.4. The molecule has 6 nitrogen and oxygen atoms in total. The van der Waals surface area contributed by atoms with Crippen molar-refractivity contribution in [1.82, 2.24) is 0 Å². The topological polar surface area (TPSA) is 31.4 Å². The van der Waals surface area contributed by atoms with E-state index in [1.807, 2.05) is 0 Å². The van der Waals surface area contributed by atoms with Crippen molar-refractivity contribution >= 4 is 161 Å². The predicted molar refractivity (Wildman–Crippen MR) is 346 cm³/mol. The molecule has 10 heteroatoms. The summed E-state index contributed by atoms with van der Waals surface area (Å²) in [4.78, 5) is 5.47. The predicted octanol–water partition coefficient (Wildman–Crippen LogP) is 9.31. The minimum Gasteiger partial charge on any atom is -0.458 e. The maximum Gasteiger partial charge on any atom is 0.256 e. The smallest absolute Gasteiger partial charge is 0.256 e. The molecule has 8 aliphatic heterocycles. The van der Waals surface area contributed by atoms with Crippen LogP contribution in [0.15, 0.2) is 254 Å². The normalized spacial score (nSPS) is 19.9. The van der Waals surface area contributed by atoms with E-state index in [4.69, 9.17) is 23.2 Å². The number of anilines is 12. The van der Waals surface area contributed by atoms with Crippen molar-refractivity contribution < 1.29 is 52.0 Å². The van der Waals surface area contributed by atoms with Gasteiger partial charge in [0.2, 0.25) is 6.71 Å². The highest BCUT2D eigenvalue weighted by molar-refractivity contribution is 7.06. The number of nitrogens with zero attached hydrogens (tertiary/aromatic N) is 4. The van der Waals surface area contributed by atoms with Crippen LogP contribution in [0.25, 0.3) is 0 Å². The number of ether oxygens (including phenoxy) is 2. The second-order valence-corrected chi connectivity index (χ2v) is 21.1. The molecule has 0 unspecified atom stereocenters. The molecule has 83 heavy (non-hydrogen) atoms. The van der Waals surface area contributed by atoms with Gasteiger partial charge in [0.25, 0.3) is 20.1 Å². The summed E-state index contributed by atoms with van der Waals surface area (Å²) in [6, 6.07) is -5.03. The number of benzene rings is 12. The number of para-hydroxylation sites is 7. The Morgan fingerprint density at radius 1 is 0.289 bits per heavy atom. The largest absolute Gasteiger partial charge is 0.458 e. The molecule has 0 amide bonds. The summed E-state index contributed by atoms with van der Waals surface area (Å²) < 4.78 is 307. The van der Waals surface area contributed by atoms with E-state index in [0.29, 0.717) is 5.56 Å². The van der Waals surface area contributed by atoms with Gasteiger partial charge >= 0.3 is 0 Å². The summed E-state index contributed by atoms with van der Waals surface area (Å²) in [5.41, 5.74) is -0.852. The van der Waals surface area contributed by atoms with Crippen molar-refractivity contribution in [3.8, 4) is 23.0 Å². The van der Waals surface area contributed by atoms with E-state index < -0.39 is 226 Å². The molecule has 0 atom stereocenters. The third kappa shape index (κ3) is 5.77. The lowest BCUT2D eigenvalue weighted by Gasteiger charge is -2.50. The Morgan fingerprint density at radius 2 is 0.699 bits per heavy atom. The van der Waals surface area contributed by atoms with Gasteiger partial charge in [0, 0.05) is 68.2 Å². The van der Waals surface area contributed by atoms with Crippen molar-refractivity contribution in [2.45, 2.75) is 6.42 Å². The molecule has 12 aromatic rings. The highest BCUT2D eigenvalue weighted by Gasteiger charge is 2.53. The molecule has 0 saturated heterocycles. The monoisotopic (exact) mass is 1080 g/mol. The van der Waals surface area contributed by atoms with Gasteiger partial charge in [-0.1, -0.05) is 157 Å². The summed E-state index contributed by atoms with van der Waals surface area (Å²) in [6.07, 6.45) is -0.263. The highest BCUT2D eigenvalue weighted by atomic mass is 16.5. The Hall–Kier alpha value is -10.3. The Morgan fingerprint density at radius 3 is 1.23 bits per heavy atom. The second kappa shape index (κ2) is 16.2. The fourth-order valence-corrected chi connectivity index (χ4v) is 14.5. The molecule has 8 heterocycles. The first-order valence-electron chi connectivity index (χ1n) is 42.0. The van der Waals surface area contributed by atoms with Gasteiger partial charge in [-0.15, -0.1) is 0 Å². The Kier molecular flexibility index (Phi) is 4.85. The molecule has 380 valence electrons. The fourth-order valence-electron chi connectivity index (χ4n) is 14.5. The quantitative estimate of drug-likeness (QED) is 0.164. The van der Waals surface area contributed by atoms with Crippen LogP contribution in [0.5, 0.6) is 23.0 Å². The fraction of sp³-hybridized carbons (Fsp3) is 0.0137. The van der Waals surface area contributed by atoms with Gasteiger partial charge in [-0.2, -0.15) is 0 Å². The molecule has 0 radical (unpaired) electrons. The van der Waals surface area contributed by atoms with Crippen LogP contribution in [0.4, 0.5) is 68.2 Å². The standard InChI is InChI=1S/C73H44B4N4O2/c1-4-20-46(21-5-1)78-59-32-18-36-67-70(59)76(51-28-12-16-34-65(51)82-67)54-41-53-44(39-61(54)78)38-45-40-64-72-73-69(45)74(53)49-26-10-14-30-57(49)81(73)58-31-15-11-27-50(58)75(72)55-42-56-62(43-63(55)80(64)48-24-8-3-9-25-48)79(47-22-6-2-7-23-47)60-33-19-37-68-71(60)77(56)52-29-13-17-35-66(52)83-68/h1-37,39-43H,38H2/i1D,2D,3D,4D,5D,6D,7D,8D,9D,10D,11D,12D,13D,14D,15D,16D,17D,20D,21D,22D,23D,24D,25D,26D,27D,28D,29D,30D,31D,34D,35D. The van der Waals surface area contributed by atoms with Crippen molar-refractivity contribution in [2.24, 2.45) is 0 Å². The third-order valence-corrected chi connectivity index (χ3v) is 17.4. The van der Waals surface area contributed by atoms with Crippen molar-refractivity contribution in [1.29, 1.82) is 0 Å². The van der Waals surface area contributed by atoms with Gasteiger partial charge in [0.1, 0.15) is 23.0 Å². The van der Waals surface area contributed by atoms with E-state index >= 15 is 0 Å². The van der Waals surface area contributed by atoms with Gasteiger partial charge in [-0.25, -0.2) is 0 Å². The zero-order valence-corrected chi connectivity index (χ0v) is 42.5. The summed E-state index contributed by atoms with van der Waals surface area (Å²) in [6.45, 7) is -5.69. The lowest BCUT2D eigenvalue weighted by molar-refractivity contribution is 0.487. The molecule has 8 aliphatic rings. The number of hydrogen-bond acceptors (Lipinski definition) is 6. The van der Waals surface area contributed by atoms with Crippen molar-refractivity contribution in [2.75, 3.05) is 19.6 Å². The van der Waals surface area contributed by atoms with E-state index in [9.17, 15) is 28.8 Å². The van der Waals surface area contributed by atoms with Crippen LogP contribution in [0, 0.1) is 0 Å². The molecule has 0 fully saturated rings. The van der Waals surface area contributed by atoms with E-state index in [2.05, 4.69) is 0 Å². The Labute approximate surface area is 525 Å². The van der Waals surface area contributed by atoms with Gasteiger partial charge in [-0.3, -0.25) is 0 Å². The Bertz CT molecular complexity index is 6680. The zero-order chi connectivity index (χ0) is 80.7. The van der Waals surface area contributed by atoms with Gasteiger partial charge in [0.05, 0.1) is 42.5 Å². The summed E-state index contributed by atoms with van der Waals surface area (Å²) >= 11 is 0. The van der Waals surface area contributed by atoms with Crippen LogP contribution in [-0.4, -0.2) is 26.9 Å². The van der Waals surface area contributed by atoms with Crippen LogP contribution in [0.3, 0.4) is 0 Å². The van der Waals surface area contributed by atoms with Crippen molar-refractivity contribution in [3.05, 3.63) is 265 Å². The Balaban J connectivity index is 0.968. The van der Waals surface area contributed by atoms with Crippen LogP contribution in [0.2, 0.25) is 0 Å². The summed E-state index contributed by atoms with van der Waals surface area (Å²) in [5, 5.41) is 0. The average Bonchev–Trinajstić information content (AvgIpc) is 0.658. The first-order chi connectivity index (χ1) is 54.1. The molecule has 12 aromatic carbocycles. The minimum absolute atomic E-state index is 0.00134. The lowest BCUT2D eigenvalue weighted by Crippen LogP contribution is -2.70. The minimum atomic E-state index is -1.60. The van der Waals surface area contributed by atoms with E-state index in [0.717, 1.165) is 0 Å². The zero-order valence-electron chi connectivity index (χ0n) is 73.5. The maximum atomic E-state index is 10.4. The number of hydrogen-bond donors (Lipinski definition) is 0. The molecule has 0 saturated carbocycles. The van der Waals surface area contributed by atoms with Crippen molar-refractivity contribution in [3.63, 3.8) is 0 Å². The molecule has 0 aliphatic carbocycles. The summed E-state index contributed by atoms with van der Waals surface area (Å²) in [7, 11) is 0. The van der Waals surface area contributed by atoms with Crippen LogP contribution in [-0.2, 0) is 6.42 Å². The molecular formula is C73H44B4N4O2. The number of rotatable bonds is 3. The van der Waals surface area contributed by atoms with E-state index in [1.54, 1.807) is 42.5 Å². The molecule has 0 bridgehead atoms. The second-order valence-electron chi connectivity index (χ2n) is 21.1. The van der Waals surface area contributed by atoms with Gasteiger partial charge in [-0.05, 0) is 181 Å². The first kappa shape index (κ1) is 24.8. The molecule has 0 N–H and O–H groups in total. The SMILES string of the molecule is [2H]c1c([2H])c([2H])c(N2c3cc4c(cc3B3c5c(cccc52)Oc2c([2H])c([2H])c([2H])c([2H])c23)B2c3c([2H])c([2H])c([2H])c([2H])c3N3c5c([2H])c([2H])c([2H])c([2H])c5B5c6cc7c(cc6N(c6c([2H])c([2H])c([2H])c([2H])c6[2H])c6cc(c2c3c65)C4)N(c2c([2H])c([2H])c([2H])c([2H])c2[2H])c2cccc3c2B7c2c([2H])c([2H])c([2H])c([2H])c2O3)c([2H])c1[2H]. The molecule has 0 spiro atoms. The van der Waals surface area contributed by atoms with E-state index in [1.165, 1.54) is 43.9 Å². The molecule has 0 aromatic heterocycles. The molecule has 20 rings (SSSR count).